The van der Waals surface area contributed by atoms with E-state index in [1.807, 2.05) is 24.3 Å². The van der Waals surface area contributed by atoms with Crippen molar-refractivity contribution in [2.45, 2.75) is 50.4 Å². The second kappa shape index (κ2) is 9.61. The van der Waals surface area contributed by atoms with Crippen LogP contribution in [0.2, 0.25) is 0 Å². The first kappa shape index (κ1) is 20.9. The average molecular weight is 411 g/mol. The summed E-state index contributed by atoms with van der Waals surface area (Å²) in [5.74, 6) is 0.535. The Kier molecular flexibility index (Phi) is 6.68. The van der Waals surface area contributed by atoms with Crippen LogP contribution in [0, 0.1) is 5.82 Å². The molecule has 0 spiro atoms. The number of rotatable bonds is 7. The molecule has 2 aromatic rings. The van der Waals surface area contributed by atoms with Crippen molar-refractivity contribution >= 4 is 11.6 Å². The Balaban J connectivity index is 1.34. The molecule has 0 atom stereocenters. The molecule has 0 bridgehead atoms. The summed E-state index contributed by atoms with van der Waals surface area (Å²) in [5, 5.41) is 3.08. The monoisotopic (exact) mass is 410 g/mol. The lowest BCUT2D eigenvalue weighted by atomic mass is 9.78. The number of ether oxygens (including phenoxy) is 1. The summed E-state index contributed by atoms with van der Waals surface area (Å²) < 4.78 is 19.2. The normalized spacial score (nSPS) is 18.8. The third kappa shape index (κ3) is 4.84. The first-order valence-electron chi connectivity index (χ1n) is 11.2. The van der Waals surface area contributed by atoms with Crippen molar-refractivity contribution < 1.29 is 13.9 Å². The molecule has 160 valence electrons. The minimum absolute atomic E-state index is 0.00891. The maximum absolute atomic E-state index is 13.4. The van der Waals surface area contributed by atoms with Crippen LogP contribution in [0.1, 0.15) is 50.5 Å². The molecule has 4 nitrogen and oxygen atoms in total. The van der Waals surface area contributed by atoms with Gasteiger partial charge in [-0.15, -0.1) is 0 Å². The third-order valence-electron chi connectivity index (χ3n) is 6.53. The molecular formula is C25H31FN2O2. The van der Waals surface area contributed by atoms with E-state index in [9.17, 15) is 9.18 Å². The average Bonchev–Trinajstić information content (AvgIpc) is 3.28. The van der Waals surface area contributed by atoms with E-state index >= 15 is 0 Å². The maximum Gasteiger partial charge on any atom is 0.235 e. The molecule has 0 aromatic heterocycles. The first-order valence-corrected chi connectivity index (χ1v) is 11.2. The van der Waals surface area contributed by atoms with Gasteiger partial charge in [-0.25, -0.2) is 4.39 Å². The van der Waals surface area contributed by atoms with E-state index in [1.165, 1.54) is 44.5 Å². The van der Waals surface area contributed by atoms with Crippen LogP contribution in [-0.4, -0.2) is 37.0 Å². The quantitative estimate of drug-likeness (QED) is 0.687. The lowest BCUT2D eigenvalue weighted by Gasteiger charge is -2.28. The highest BCUT2D eigenvalue weighted by molar-refractivity contribution is 5.99. The summed E-state index contributed by atoms with van der Waals surface area (Å²) in [6.45, 7) is 3.98. The van der Waals surface area contributed by atoms with Crippen molar-refractivity contribution in [1.29, 1.82) is 0 Å². The Bertz CT molecular complexity index is 823. The predicted molar refractivity (Wildman–Crippen MR) is 117 cm³/mol. The summed E-state index contributed by atoms with van der Waals surface area (Å²) in [5.41, 5.74) is 1.09. The predicted octanol–water partition coefficient (Wildman–Crippen LogP) is 5.14. The number of benzene rings is 2. The van der Waals surface area contributed by atoms with Crippen LogP contribution in [-0.2, 0) is 10.2 Å². The van der Waals surface area contributed by atoms with Gasteiger partial charge in [0.25, 0.3) is 0 Å². The van der Waals surface area contributed by atoms with Crippen LogP contribution in [0.15, 0.2) is 48.5 Å². The van der Waals surface area contributed by atoms with Crippen LogP contribution in [0.3, 0.4) is 0 Å². The number of hydrogen-bond donors (Lipinski definition) is 1. The van der Waals surface area contributed by atoms with Crippen LogP contribution in [0.5, 0.6) is 5.75 Å². The number of nitrogens with one attached hydrogen (secondary N) is 1. The van der Waals surface area contributed by atoms with Gasteiger partial charge in [-0.3, -0.25) is 9.69 Å². The SMILES string of the molecule is O=C(Nc1ccc(OCCN2CCCCC2)cc1)C1(c2ccc(F)cc2)CCCC1. The van der Waals surface area contributed by atoms with Crippen molar-refractivity contribution in [3.63, 3.8) is 0 Å². The third-order valence-corrected chi connectivity index (χ3v) is 6.53. The molecule has 1 amide bonds. The molecule has 0 radical (unpaired) electrons. The molecule has 1 aliphatic heterocycles. The summed E-state index contributed by atoms with van der Waals surface area (Å²) in [7, 11) is 0. The summed E-state index contributed by atoms with van der Waals surface area (Å²) in [4.78, 5) is 15.7. The summed E-state index contributed by atoms with van der Waals surface area (Å²) in [6.07, 6.45) is 7.52. The number of halogens is 1. The Labute approximate surface area is 178 Å². The number of carbonyl (C=O) groups is 1. The van der Waals surface area contributed by atoms with Crippen molar-refractivity contribution in [2.75, 3.05) is 31.6 Å². The molecule has 1 aliphatic carbocycles. The van der Waals surface area contributed by atoms with Crippen LogP contribution in [0.4, 0.5) is 10.1 Å². The Hall–Kier alpha value is -2.40. The van der Waals surface area contributed by atoms with Crippen molar-refractivity contribution in [2.24, 2.45) is 0 Å². The minimum Gasteiger partial charge on any atom is -0.492 e. The molecule has 2 aliphatic rings. The van der Waals surface area contributed by atoms with Gasteiger partial charge in [0.2, 0.25) is 5.91 Å². The molecule has 0 unspecified atom stereocenters. The van der Waals surface area contributed by atoms with Crippen molar-refractivity contribution in [3.8, 4) is 5.75 Å². The second-order valence-electron chi connectivity index (χ2n) is 8.53. The van der Waals surface area contributed by atoms with E-state index < -0.39 is 5.41 Å². The smallest absolute Gasteiger partial charge is 0.235 e. The zero-order valence-electron chi connectivity index (χ0n) is 17.5. The van der Waals surface area contributed by atoms with Gasteiger partial charge < -0.3 is 10.1 Å². The number of anilines is 1. The fourth-order valence-corrected chi connectivity index (χ4v) is 4.76. The number of likely N-dealkylation sites (tertiary alicyclic amines) is 1. The van der Waals surface area contributed by atoms with Gasteiger partial charge in [-0.05, 0) is 80.7 Å². The molecule has 5 heteroatoms. The Morgan fingerprint density at radius 2 is 1.60 bits per heavy atom. The number of hydrogen-bond acceptors (Lipinski definition) is 3. The van der Waals surface area contributed by atoms with Gasteiger partial charge in [0.15, 0.2) is 0 Å². The fraction of sp³-hybridized carbons (Fsp3) is 0.480. The summed E-state index contributed by atoms with van der Waals surface area (Å²) >= 11 is 0. The molecule has 1 heterocycles. The number of amides is 1. The lowest BCUT2D eigenvalue weighted by Crippen LogP contribution is -2.38. The molecule has 1 N–H and O–H groups in total. The second-order valence-corrected chi connectivity index (χ2v) is 8.53. The van der Waals surface area contributed by atoms with Crippen LogP contribution in [0.25, 0.3) is 0 Å². The first-order chi connectivity index (χ1) is 14.7. The van der Waals surface area contributed by atoms with Crippen LogP contribution < -0.4 is 10.1 Å². The maximum atomic E-state index is 13.4. The van der Waals surface area contributed by atoms with E-state index in [0.717, 1.165) is 49.2 Å². The van der Waals surface area contributed by atoms with Crippen LogP contribution >= 0.6 is 0 Å². The highest BCUT2D eigenvalue weighted by Crippen LogP contribution is 2.42. The zero-order valence-corrected chi connectivity index (χ0v) is 17.5. The molecule has 2 fully saturated rings. The fourth-order valence-electron chi connectivity index (χ4n) is 4.76. The van der Waals surface area contributed by atoms with E-state index in [1.54, 1.807) is 12.1 Å². The molecule has 4 rings (SSSR count). The van der Waals surface area contributed by atoms with E-state index in [2.05, 4.69) is 10.2 Å². The molecule has 1 saturated carbocycles. The van der Waals surface area contributed by atoms with Gasteiger partial charge in [-0.1, -0.05) is 31.4 Å². The van der Waals surface area contributed by atoms with Gasteiger partial charge in [-0.2, -0.15) is 0 Å². The van der Waals surface area contributed by atoms with Crippen molar-refractivity contribution in [3.05, 3.63) is 59.9 Å². The molecule has 30 heavy (non-hydrogen) atoms. The van der Waals surface area contributed by atoms with E-state index in [0.29, 0.717) is 6.61 Å². The number of piperidine rings is 1. The van der Waals surface area contributed by atoms with E-state index in [4.69, 9.17) is 4.74 Å². The van der Waals surface area contributed by atoms with Gasteiger partial charge in [0.1, 0.15) is 18.2 Å². The lowest BCUT2D eigenvalue weighted by molar-refractivity contribution is -0.121. The van der Waals surface area contributed by atoms with Gasteiger partial charge in [0.05, 0.1) is 5.41 Å². The molecule has 2 aromatic carbocycles. The zero-order chi connectivity index (χ0) is 20.8. The number of carbonyl (C=O) groups excluding carboxylic acids is 1. The van der Waals surface area contributed by atoms with Gasteiger partial charge in [0, 0.05) is 12.2 Å². The molecule has 1 saturated heterocycles. The Morgan fingerprint density at radius 3 is 2.27 bits per heavy atom. The Morgan fingerprint density at radius 1 is 0.933 bits per heavy atom. The van der Waals surface area contributed by atoms with E-state index in [-0.39, 0.29) is 11.7 Å². The minimum atomic E-state index is -0.572. The standard InChI is InChI=1S/C25H31FN2O2/c26-21-8-6-20(7-9-21)25(14-2-3-15-25)24(29)27-22-10-12-23(13-11-22)30-19-18-28-16-4-1-5-17-28/h6-13H,1-5,14-19H2,(H,27,29). The summed E-state index contributed by atoms with van der Waals surface area (Å²) in [6, 6.07) is 14.0. The topological polar surface area (TPSA) is 41.6 Å². The number of nitrogens with zero attached hydrogens (tertiary/aromatic N) is 1. The molecular weight excluding hydrogens is 379 g/mol. The largest absolute Gasteiger partial charge is 0.492 e. The van der Waals surface area contributed by atoms with Crippen molar-refractivity contribution in [1.82, 2.24) is 4.90 Å². The van der Waals surface area contributed by atoms with Gasteiger partial charge >= 0.3 is 0 Å². The highest BCUT2D eigenvalue weighted by Gasteiger charge is 2.42. The highest BCUT2D eigenvalue weighted by atomic mass is 19.1.